The molecule has 0 saturated carbocycles. The normalized spacial score (nSPS) is 11.3. The topological polar surface area (TPSA) is 79.2 Å². The van der Waals surface area contributed by atoms with Gasteiger partial charge in [-0.1, -0.05) is 73.3 Å². The Labute approximate surface area is 210 Å². The first-order chi connectivity index (χ1) is 17.0. The fourth-order valence-corrected chi connectivity index (χ4v) is 4.82. The Bertz CT molecular complexity index is 1210. The van der Waals surface area contributed by atoms with Gasteiger partial charge in [-0.2, -0.15) is 0 Å². The maximum absolute atomic E-state index is 12.7. The van der Waals surface area contributed by atoms with E-state index in [1.807, 2.05) is 61.5 Å². The Hall–Kier alpha value is -3.58. The number of hydrogen-bond acceptors (Lipinski definition) is 5. The van der Waals surface area contributed by atoms with Crippen molar-refractivity contribution in [1.29, 1.82) is 0 Å². The van der Waals surface area contributed by atoms with Crippen LogP contribution in [0.1, 0.15) is 27.9 Å². The molecule has 6 nitrogen and oxygen atoms in total. The maximum Gasteiger partial charge on any atom is 0.319 e. The lowest BCUT2D eigenvalue weighted by Gasteiger charge is -2.19. The van der Waals surface area contributed by atoms with Crippen molar-refractivity contribution in [2.45, 2.75) is 32.7 Å². The van der Waals surface area contributed by atoms with E-state index in [1.54, 1.807) is 16.7 Å². The molecule has 0 aliphatic heterocycles. The minimum atomic E-state index is -0.375. The first-order valence-corrected chi connectivity index (χ1v) is 12.7. The van der Waals surface area contributed by atoms with E-state index in [-0.39, 0.29) is 16.3 Å². The van der Waals surface area contributed by atoms with Crippen LogP contribution < -0.4 is 5.56 Å². The largest absolute Gasteiger partial charge is 0.358 e. The number of nitro groups is 1. The molecule has 2 aromatic carbocycles. The summed E-state index contributed by atoms with van der Waals surface area (Å²) >= 11 is 1.59. The van der Waals surface area contributed by atoms with Gasteiger partial charge in [0.15, 0.2) is 0 Å². The predicted molar refractivity (Wildman–Crippen MR) is 144 cm³/mol. The summed E-state index contributed by atoms with van der Waals surface area (Å²) in [4.78, 5) is 28.7. The van der Waals surface area contributed by atoms with Crippen LogP contribution in [0.5, 0.6) is 0 Å². The smallest absolute Gasteiger partial charge is 0.319 e. The van der Waals surface area contributed by atoms with E-state index in [2.05, 4.69) is 23.7 Å². The lowest BCUT2D eigenvalue weighted by atomic mass is 10.0. The third kappa shape index (κ3) is 8.00. The molecule has 1 aromatic heterocycles. The van der Waals surface area contributed by atoms with Gasteiger partial charge in [0.25, 0.3) is 5.56 Å². The number of benzene rings is 2. The summed E-state index contributed by atoms with van der Waals surface area (Å²) in [5.41, 5.74) is 4.89. The van der Waals surface area contributed by atoms with Gasteiger partial charge < -0.3 is 15.1 Å². The van der Waals surface area contributed by atoms with Crippen LogP contribution in [0.15, 0.2) is 96.1 Å². The van der Waals surface area contributed by atoms with Gasteiger partial charge >= 0.3 is 5.82 Å². The van der Waals surface area contributed by atoms with Crippen molar-refractivity contribution in [1.82, 2.24) is 9.88 Å². The highest BCUT2D eigenvalue weighted by Gasteiger charge is 2.21. The SMILES string of the molecule is C=C/C=C(\N(CSCCc1cc(C)c(CCc2ccccc2)c(=O)[nH]1)Cc1ccccc1)[N+](=O)[O-]. The summed E-state index contributed by atoms with van der Waals surface area (Å²) < 4.78 is 0. The highest BCUT2D eigenvalue weighted by Crippen LogP contribution is 2.18. The van der Waals surface area contributed by atoms with Crippen LogP contribution in [-0.4, -0.2) is 26.4 Å². The summed E-state index contributed by atoms with van der Waals surface area (Å²) in [5, 5.41) is 11.6. The van der Waals surface area contributed by atoms with Crippen molar-refractivity contribution < 1.29 is 4.92 Å². The van der Waals surface area contributed by atoms with Crippen LogP contribution in [0, 0.1) is 17.0 Å². The molecule has 3 rings (SSSR count). The number of aromatic amines is 1. The standard InChI is InChI=1S/C28H31N3O3S/c1-3-10-27(31(33)34)30(20-24-13-8-5-9-14-24)21-35-18-17-25-19-22(2)26(28(32)29-25)16-15-23-11-6-4-7-12-23/h3-14,19H,1,15-18,20-21H2,2H3,(H,29,32)/b27-10+. The van der Waals surface area contributed by atoms with Crippen molar-refractivity contribution in [2.75, 3.05) is 11.6 Å². The second-order valence-electron chi connectivity index (χ2n) is 8.26. The number of hydrogen-bond donors (Lipinski definition) is 1. The molecule has 0 aliphatic carbocycles. The highest BCUT2D eigenvalue weighted by atomic mass is 32.2. The molecular formula is C28H31N3O3S. The third-order valence-electron chi connectivity index (χ3n) is 5.68. The van der Waals surface area contributed by atoms with Gasteiger partial charge in [0.05, 0.1) is 0 Å². The molecule has 0 spiro atoms. The molecule has 0 radical (unpaired) electrons. The van der Waals surface area contributed by atoms with E-state index >= 15 is 0 Å². The molecule has 0 amide bonds. The molecule has 0 bridgehead atoms. The fraction of sp³-hybridized carbons (Fsp3) is 0.250. The van der Waals surface area contributed by atoms with Gasteiger partial charge in [-0.05, 0) is 53.9 Å². The van der Waals surface area contributed by atoms with Crippen LogP contribution in [0.3, 0.4) is 0 Å². The number of aryl methyl sites for hydroxylation is 3. The van der Waals surface area contributed by atoms with Crippen LogP contribution in [0.2, 0.25) is 0 Å². The number of pyridine rings is 1. The van der Waals surface area contributed by atoms with Crippen LogP contribution in [-0.2, 0) is 25.8 Å². The molecule has 182 valence electrons. The van der Waals surface area contributed by atoms with Crippen molar-refractivity contribution in [3.8, 4) is 0 Å². The Morgan fingerprint density at radius 2 is 1.71 bits per heavy atom. The number of nitrogens with one attached hydrogen (secondary N) is 1. The molecule has 0 fully saturated rings. The second-order valence-corrected chi connectivity index (χ2v) is 9.33. The van der Waals surface area contributed by atoms with E-state index in [0.717, 1.165) is 34.6 Å². The van der Waals surface area contributed by atoms with E-state index in [4.69, 9.17) is 0 Å². The number of nitrogens with zero attached hydrogens (tertiary/aromatic N) is 2. The van der Waals surface area contributed by atoms with E-state index in [1.165, 1.54) is 17.7 Å². The summed E-state index contributed by atoms with van der Waals surface area (Å²) in [6.45, 7) is 6.03. The number of thioether (sulfide) groups is 1. The number of allylic oxidation sites excluding steroid dienone is 2. The van der Waals surface area contributed by atoms with Crippen molar-refractivity contribution >= 4 is 11.8 Å². The second kappa shape index (κ2) is 13.3. The lowest BCUT2D eigenvalue weighted by molar-refractivity contribution is -0.446. The zero-order valence-corrected chi connectivity index (χ0v) is 20.8. The number of rotatable bonds is 13. The Kier molecular flexibility index (Phi) is 9.93. The lowest BCUT2D eigenvalue weighted by Crippen LogP contribution is -2.27. The zero-order valence-electron chi connectivity index (χ0n) is 20.0. The summed E-state index contributed by atoms with van der Waals surface area (Å²) in [5.74, 6) is 1.19. The van der Waals surface area contributed by atoms with Crippen molar-refractivity contribution in [3.05, 3.63) is 140 Å². The van der Waals surface area contributed by atoms with Crippen LogP contribution in [0.4, 0.5) is 0 Å². The summed E-state index contributed by atoms with van der Waals surface area (Å²) in [7, 11) is 0. The first-order valence-electron chi connectivity index (χ1n) is 11.6. The molecule has 0 atom stereocenters. The molecule has 7 heteroatoms. The van der Waals surface area contributed by atoms with E-state index in [9.17, 15) is 14.9 Å². The molecule has 3 aromatic rings. The minimum absolute atomic E-state index is 0.0170. The van der Waals surface area contributed by atoms with Gasteiger partial charge in [-0.15, -0.1) is 11.8 Å². The molecule has 0 aliphatic rings. The zero-order chi connectivity index (χ0) is 25.0. The molecule has 0 unspecified atom stereocenters. The van der Waals surface area contributed by atoms with Gasteiger partial charge in [0, 0.05) is 23.1 Å². The van der Waals surface area contributed by atoms with Crippen molar-refractivity contribution in [2.24, 2.45) is 0 Å². The minimum Gasteiger partial charge on any atom is -0.358 e. The van der Waals surface area contributed by atoms with Gasteiger partial charge in [0.1, 0.15) is 12.4 Å². The predicted octanol–water partition coefficient (Wildman–Crippen LogP) is 5.51. The van der Waals surface area contributed by atoms with E-state index < -0.39 is 0 Å². The van der Waals surface area contributed by atoms with Gasteiger partial charge in [-0.3, -0.25) is 4.79 Å². The Balaban J connectivity index is 1.60. The summed E-state index contributed by atoms with van der Waals surface area (Å²) in [6.07, 6.45) is 5.08. The van der Waals surface area contributed by atoms with Crippen molar-refractivity contribution in [3.63, 3.8) is 0 Å². The van der Waals surface area contributed by atoms with Crippen LogP contribution in [0.25, 0.3) is 0 Å². The molecule has 0 saturated heterocycles. The average Bonchev–Trinajstić information content (AvgIpc) is 2.85. The Morgan fingerprint density at radius 3 is 2.31 bits per heavy atom. The number of H-pyrrole nitrogens is 1. The highest BCUT2D eigenvalue weighted by molar-refractivity contribution is 7.99. The maximum atomic E-state index is 12.7. The molecule has 1 N–H and O–H groups in total. The number of aromatic nitrogens is 1. The van der Waals surface area contributed by atoms with Gasteiger partial charge in [0.2, 0.25) is 0 Å². The Morgan fingerprint density at radius 1 is 1.06 bits per heavy atom. The fourth-order valence-electron chi connectivity index (χ4n) is 3.88. The van der Waals surface area contributed by atoms with Crippen LogP contribution >= 0.6 is 11.8 Å². The van der Waals surface area contributed by atoms with E-state index in [0.29, 0.717) is 25.3 Å². The quantitative estimate of drug-likeness (QED) is 0.113. The first kappa shape index (κ1) is 26.0. The van der Waals surface area contributed by atoms with Gasteiger partial charge in [-0.25, -0.2) is 4.90 Å². The third-order valence-corrected chi connectivity index (χ3v) is 6.67. The molecule has 35 heavy (non-hydrogen) atoms. The summed E-state index contributed by atoms with van der Waals surface area (Å²) in [6, 6.07) is 21.9. The average molecular weight is 490 g/mol. The molecule has 1 heterocycles. The monoisotopic (exact) mass is 489 g/mol. The molecular weight excluding hydrogens is 458 g/mol.